The maximum atomic E-state index is 13.0. The van der Waals surface area contributed by atoms with Gasteiger partial charge < -0.3 is 14.3 Å². The molecule has 1 unspecified atom stereocenters. The summed E-state index contributed by atoms with van der Waals surface area (Å²) in [6.45, 7) is 5.41. The highest BCUT2D eigenvalue weighted by atomic mass is 16.6. The highest BCUT2D eigenvalue weighted by molar-refractivity contribution is 5.94. The molecule has 1 heterocycles. The van der Waals surface area contributed by atoms with Crippen LogP contribution in [0.3, 0.4) is 0 Å². The smallest absolute Gasteiger partial charge is 0.418 e. The van der Waals surface area contributed by atoms with Crippen LogP contribution in [0.1, 0.15) is 32.8 Å². The fourth-order valence-electron chi connectivity index (χ4n) is 2.95. The molecular formula is C20H21NO4. The molecule has 0 N–H and O–H groups in total. The summed E-state index contributed by atoms with van der Waals surface area (Å²) < 4.78 is 11.8. The van der Waals surface area contributed by atoms with E-state index in [1.165, 1.54) is 4.90 Å². The first-order valence-electron chi connectivity index (χ1n) is 8.18. The summed E-state index contributed by atoms with van der Waals surface area (Å²) in [7, 11) is 0. The number of benzene rings is 2. The predicted molar refractivity (Wildman–Crippen MR) is 94.6 cm³/mol. The first-order valence-corrected chi connectivity index (χ1v) is 8.18. The Morgan fingerprint density at radius 3 is 2.40 bits per heavy atom. The minimum atomic E-state index is -1.25. The Morgan fingerprint density at radius 1 is 1.12 bits per heavy atom. The fourth-order valence-corrected chi connectivity index (χ4v) is 2.95. The monoisotopic (exact) mass is 339 g/mol. The molecule has 0 bridgehead atoms. The lowest BCUT2D eigenvalue weighted by Gasteiger charge is -2.36. The van der Waals surface area contributed by atoms with Gasteiger partial charge >= 0.3 is 6.09 Å². The highest BCUT2D eigenvalue weighted by Gasteiger charge is 2.51. The van der Waals surface area contributed by atoms with E-state index in [-0.39, 0.29) is 6.42 Å². The Balaban J connectivity index is 2.16. The SMILES string of the molecule is CC(C)(C)OC(=O)N1c2ccccc2OC1(CC=O)c1ccccc1. The number of nitrogens with zero attached hydrogens (tertiary/aromatic N) is 1. The second-order valence-corrected chi connectivity index (χ2v) is 6.91. The molecule has 1 aliphatic heterocycles. The van der Waals surface area contributed by atoms with Crippen LogP contribution in [0, 0.1) is 0 Å². The number of amides is 1. The van der Waals surface area contributed by atoms with Gasteiger partial charge in [0.05, 0.1) is 12.1 Å². The Hall–Kier alpha value is -2.82. The molecule has 0 fully saturated rings. The second-order valence-electron chi connectivity index (χ2n) is 6.91. The number of rotatable bonds is 3. The largest absolute Gasteiger partial charge is 0.460 e. The average Bonchev–Trinajstić information content (AvgIpc) is 2.89. The van der Waals surface area contributed by atoms with Crippen molar-refractivity contribution in [3.05, 3.63) is 60.2 Å². The van der Waals surface area contributed by atoms with E-state index < -0.39 is 17.4 Å². The van der Waals surface area contributed by atoms with Crippen LogP contribution in [-0.4, -0.2) is 18.0 Å². The minimum absolute atomic E-state index is 0.00899. The molecule has 1 aliphatic rings. The molecule has 0 aliphatic carbocycles. The van der Waals surface area contributed by atoms with Crippen LogP contribution >= 0.6 is 0 Å². The first kappa shape index (κ1) is 17.0. The maximum absolute atomic E-state index is 13.0. The van der Waals surface area contributed by atoms with E-state index >= 15 is 0 Å². The number of hydrogen-bond acceptors (Lipinski definition) is 4. The van der Waals surface area contributed by atoms with E-state index in [4.69, 9.17) is 9.47 Å². The van der Waals surface area contributed by atoms with Crippen LogP contribution in [-0.2, 0) is 15.3 Å². The molecule has 0 saturated heterocycles. The van der Waals surface area contributed by atoms with Crippen LogP contribution in [0.5, 0.6) is 5.75 Å². The summed E-state index contributed by atoms with van der Waals surface area (Å²) in [5.41, 5.74) is -0.626. The van der Waals surface area contributed by atoms with Crippen molar-refractivity contribution < 1.29 is 19.1 Å². The van der Waals surface area contributed by atoms with E-state index in [1.807, 2.05) is 42.5 Å². The summed E-state index contributed by atoms with van der Waals surface area (Å²) >= 11 is 0. The molecule has 0 spiro atoms. The zero-order valence-electron chi connectivity index (χ0n) is 14.6. The third kappa shape index (κ3) is 3.09. The van der Waals surface area contributed by atoms with Crippen molar-refractivity contribution in [1.82, 2.24) is 0 Å². The van der Waals surface area contributed by atoms with E-state index in [2.05, 4.69) is 0 Å². The van der Waals surface area contributed by atoms with Gasteiger partial charge in [0.15, 0.2) is 0 Å². The molecule has 0 radical (unpaired) electrons. The maximum Gasteiger partial charge on any atom is 0.418 e. The van der Waals surface area contributed by atoms with Gasteiger partial charge in [0, 0.05) is 5.56 Å². The first-order chi connectivity index (χ1) is 11.9. The molecule has 2 aromatic carbocycles. The van der Waals surface area contributed by atoms with Gasteiger partial charge in [0.2, 0.25) is 5.72 Å². The molecule has 2 aromatic rings. The topological polar surface area (TPSA) is 55.8 Å². The lowest BCUT2D eigenvalue weighted by atomic mass is 9.98. The summed E-state index contributed by atoms with van der Waals surface area (Å²) in [5, 5.41) is 0. The van der Waals surface area contributed by atoms with E-state index in [1.54, 1.807) is 32.9 Å². The molecular weight excluding hydrogens is 318 g/mol. The molecule has 5 nitrogen and oxygen atoms in total. The van der Waals surface area contributed by atoms with Gasteiger partial charge in [-0.2, -0.15) is 0 Å². The van der Waals surface area contributed by atoms with Gasteiger partial charge in [0.25, 0.3) is 0 Å². The van der Waals surface area contributed by atoms with Gasteiger partial charge in [-0.05, 0) is 32.9 Å². The lowest BCUT2D eigenvalue weighted by Crippen LogP contribution is -2.52. The number of fused-ring (bicyclic) bond motifs is 1. The predicted octanol–water partition coefficient (Wildman–Crippen LogP) is 4.26. The minimum Gasteiger partial charge on any atom is -0.460 e. The summed E-state index contributed by atoms with van der Waals surface area (Å²) in [6, 6.07) is 16.5. The lowest BCUT2D eigenvalue weighted by molar-refractivity contribution is -0.111. The summed E-state index contributed by atoms with van der Waals surface area (Å²) in [6.07, 6.45) is 0.199. The van der Waals surface area contributed by atoms with Gasteiger partial charge in [-0.3, -0.25) is 0 Å². The quantitative estimate of drug-likeness (QED) is 0.784. The Morgan fingerprint density at radius 2 is 1.76 bits per heavy atom. The number of hydrogen-bond donors (Lipinski definition) is 0. The van der Waals surface area contributed by atoms with Crippen LogP contribution in [0.4, 0.5) is 10.5 Å². The third-order valence-corrected chi connectivity index (χ3v) is 3.91. The van der Waals surface area contributed by atoms with Crippen LogP contribution in [0.15, 0.2) is 54.6 Å². The third-order valence-electron chi connectivity index (χ3n) is 3.91. The Kier molecular flexibility index (Phi) is 4.25. The van der Waals surface area contributed by atoms with Gasteiger partial charge in [0.1, 0.15) is 17.6 Å². The normalized spacial score (nSPS) is 19.1. The van der Waals surface area contributed by atoms with E-state index in [9.17, 15) is 9.59 Å². The van der Waals surface area contributed by atoms with Crippen molar-refractivity contribution in [2.75, 3.05) is 4.90 Å². The molecule has 3 rings (SSSR count). The number of carbonyl (C=O) groups excluding carboxylic acids is 2. The molecule has 1 atom stereocenters. The molecule has 1 amide bonds. The molecule has 5 heteroatoms. The Bertz CT molecular complexity index is 782. The Labute approximate surface area is 147 Å². The number of ether oxygens (including phenoxy) is 2. The van der Waals surface area contributed by atoms with E-state index in [0.717, 1.165) is 6.29 Å². The van der Waals surface area contributed by atoms with Crippen molar-refractivity contribution in [2.45, 2.75) is 38.5 Å². The van der Waals surface area contributed by atoms with Crippen LogP contribution in [0.2, 0.25) is 0 Å². The number of aldehydes is 1. The average molecular weight is 339 g/mol. The van der Waals surface area contributed by atoms with Crippen molar-refractivity contribution >= 4 is 18.1 Å². The number of carbonyl (C=O) groups is 2. The summed E-state index contributed by atoms with van der Waals surface area (Å²) in [4.78, 5) is 25.9. The van der Waals surface area contributed by atoms with Gasteiger partial charge in [-0.15, -0.1) is 0 Å². The highest BCUT2D eigenvalue weighted by Crippen LogP contribution is 2.49. The van der Waals surface area contributed by atoms with Gasteiger partial charge in [-0.1, -0.05) is 42.5 Å². The number of para-hydroxylation sites is 2. The molecule has 130 valence electrons. The fraction of sp³-hybridized carbons (Fsp3) is 0.300. The van der Waals surface area contributed by atoms with Crippen LogP contribution < -0.4 is 9.64 Å². The second kappa shape index (κ2) is 6.24. The van der Waals surface area contributed by atoms with Crippen molar-refractivity contribution in [3.8, 4) is 5.75 Å². The zero-order chi connectivity index (χ0) is 18.1. The van der Waals surface area contributed by atoms with Crippen molar-refractivity contribution in [1.29, 1.82) is 0 Å². The molecule has 0 aromatic heterocycles. The van der Waals surface area contributed by atoms with Crippen molar-refractivity contribution in [2.24, 2.45) is 0 Å². The van der Waals surface area contributed by atoms with E-state index in [0.29, 0.717) is 17.0 Å². The zero-order valence-corrected chi connectivity index (χ0v) is 14.6. The standard InChI is InChI=1S/C20H21NO4/c1-19(2,3)25-18(23)21-16-11-7-8-12-17(16)24-20(21,13-14-22)15-9-5-4-6-10-15/h4-12,14H,13H2,1-3H3. The van der Waals surface area contributed by atoms with Gasteiger partial charge in [-0.25, -0.2) is 9.69 Å². The number of anilines is 1. The molecule has 25 heavy (non-hydrogen) atoms. The summed E-state index contributed by atoms with van der Waals surface area (Å²) in [5.74, 6) is 0.541. The van der Waals surface area contributed by atoms with Crippen molar-refractivity contribution in [3.63, 3.8) is 0 Å². The molecule has 0 saturated carbocycles. The van der Waals surface area contributed by atoms with Crippen LogP contribution in [0.25, 0.3) is 0 Å².